The standard InChI is InChI=1S/C13H10Cl2N2O4/c14-6-1-2-8(15)9(3-6)17-13(21)16-7-4-10(18)12(20)11(19)5-7/h1-5,18-20H,(H2,16,17,21). The Balaban J connectivity index is 2.13. The van der Waals surface area contributed by atoms with Crippen LogP contribution in [0.15, 0.2) is 30.3 Å². The summed E-state index contributed by atoms with van der Waals surface area (Å²) in [7, 11) is 0. The highest BCUT2D eigenvalue weighted by atomic mass is 35.5. The fourth-order valence-electron chi connectivity index (χ4n) is 1.55. The van der Waals surface area contributed by atoms with Crippen LogP contribution in [-0.2, 0) is 0 Å². The van der Waals surface area contributed by atoms with Gasteiger partial charge in [0.05, 0.1) is 16.4 Å². The second-order valence-corrected chi connectivity index (χ2v) is 4.91. The Hall–Kier alpha value is -2.31. The Bertz CT molecular complexity index is 684. The highest BCUT2D eigenvalue weighted by molar-refractivity contribution is 6.35. The molecule has 110 valence electrons. The van der Waals surface area contributed by atoms with Crippen LogP contribution in [0.3, 0.4) is 0 Å². The van der Waals surface area contributed by atoms with Crippen molar-refractivity contribution in [2.24, 2.45) is 0 Å². The van der Waals surface area contributed by atoms with Gasteiger partial charge in [0.1, 0.15) is 0 Å². The monoisotopic (exact) mass is 328 g/mol. The summed E-state index contributed by atoms with van der Waals surface area (Å²) >= 11 is 11.7. The zero-order chi connectivity index (χ0) is 15.6. The number of nitrogens with one attached hydrogen (secondary N) is 2. The van der Waals surface area contributed by atoms with E-state index in [0.717, 1.165) is 12.1 Å². The molecule has 0 atom stereocenters. The first kappa shape index (κ1) is 15.1. The smallest absolute Gasteiger partial charge is 0.323 e. The van der Waals surface area contributed by atoms with Crippen LogP contribution in [0.4, 0.5) is 16.2 Å². The number of carbonyl (C=O) groups excluding carboxylic acids is 1. The first-order valence-electron chi connectivity index (χ1n) is 5.65. The van der Waals surface area contributed by atoms with Crippen molar-refractivity contribution >= 4 is 40.6 Å². The van der Waals surface area contributed by atoms with Crippen molar-refractivity contribution in [1.29, 1.82) is 0 Å². The summed E-state index contributed by atoms with van der Waals surface area (Å²) in [5, 5.41) is 33.4. The van der Waals surface area contributed by atoms with Crippen LogP contribution in [0.1, 0.15) is 0 Å². The van der Waals surface area contributed by atoms with Crippen LogP contribution < -0.4 is 10.6 Å². The lowest BCUT2D eigenvalue weighted by molar-refractivity contribution is 0.262. The van der Waals surface area contributed by atoms with Gasteiger partial charge in [0.25, 0.3) is 0 Å². The van der Waals surface area contributed by atoms with Crippen LogP contribution in [0.2, 0.25) is 10.0 Å². The molecule has 2 rings (SSSR count). The highest BCUT2D eigenvalue weighted by Gasteiger charge is 2.11. The highest BCUT2D eigenvalue weighted by Crippen LogP contribution is 2.37. The van der Waals surface area contributed by atoms with Gasteiger partial charge in [-0.2, -0.15) is 0 Å². The molecule has 6 nitrogen and oxygen atoms in total. The third kappa shape index (κ3) is 3.62. The molecule has 8 heteroatoms. The topological polar surface area (TPSA) is 102 Å². The van der Waals surface area contributed by atoms with Crippen LogP contribution in [0, 0.1) is 0 Å². The molecular weight excluding hydrogens is 319 g/mol. The zero-order valence-electron chi connectivity index (χ0n) is 10.4. The largest absolute Gasteiger partial charge is 0.504 e. The molecule has 0 spiro atoms. The van der Waals surface area contributed by atoms with Crippen LogP contribution >= 0.6 is 23.2 Å². The van der Waals surface area contributed by atoms with Crippen molar-refractivity contribution in [3.05, 3.63) is 40.4 Å². The second kappa shape index (κ2) is 5.99. The summed E-state index contributed by atoms with van der Waals surface area (Å²) in [5.41, 5.74) is 0.382. The lowest BCUT2D eigenvalue weighted by Crippen LogP contribution is -2.19. The van der Waals surface area contributed by atoms with E-state index in [1.165, 1.54) is 12.1 Å². The number of carbonyl (C=O) groups is 1. The van der Waals surface area contributed by atoms with Crippen molar-refractivity contribution in [1.82, 2.24) is 0 Å². The summed E-state index contributed by atoms with van der Waals surface area (Å²) in [4.78, 5) is 11.8. The summed E-state index contributed by atoms with van der Waals surface area (Å²) in [6, 6.07) is 6.06. The number of aromatic hydroxyl groups is 3. The summed E-state index contributed by atoms with van der Waals surface area (Å²) < 4.78 is 0. The van der Waals surface area contributed by atoms with Gasteiger partial charge in [0.15, 0.2) is 17.2 Å². The third-order valence-corrected chi connectivity index (χ3v) is 3.07. The molecule has 21 heavy (non-hydrogen) atoms. The van der Waals surface area contributed by atoms with Gasteiger partial charge >= 0.3 is 6.03 Å². The molecule has 0 unspecified atom stereocenters. The van der Waals surface area contributed by atoms with E-state index in [1.54, 1.807) is 6.07 Å². The Morgan fingerprint density at radius 3 is 2.19 bits per heavy atom. The van der Waals surface area contributed by atoms with E-state index < -0.39 is 23.3 Å². The molecule has 0 saturated heterocycles. The Labute approximate surface area is 129 Å². The number of rotatable bonds is 2. The molecule has 0 saturated carbocycles. The molecular formula is C13H10Cl2N2O4. The number of anilines is 2. The van der Waals surface area contributed by atoms with Gasteiger partial charge in [-0.15, -0.1) is 0 Å². The minimum absolute atomic E-state index is 0.0819. The predicted octanol–water partition coefficient (Wildman–Crippen LogP) is 3.75. The average Bonchev–Trinajstić information content (AvgIpc) is 2.40. The molecule has 0 radical (unpaired) electrons. The van der Waals surface area contributed by atoms with Crippen molar-refractivity contribution < 1.29 is 20.1 Å². The van der Waals surface area contributed by atoms with E-state index in [-0.39, 0.29) is 5.69 Å². The second-order valence-electron chi connectivity index (χ2n) is 4.07. The van der Waals surface area contributed by atoms with Gasteiger partial charge in [-0.1, -0.05) is 23.2 Å². The SMILES string of the molecule is O=C(Nc1cc(O)c(O)c(O)c1)Nc1cc(Cl)ccc1Cl. The van der Waals surface area contributed by atoms with Crippen LogP contribution in [0.5, 0.6) is 17.2 Å². The first-order valence-corrected chi connectivity index (χ1v) is 6.40. The van der Waals surface area contributed by atoms with E-state index in [4.69, 9.17) is 23.2 Å². The zero-order valence-corrected chi connectivity index (χ0v) is 11.9. The van der Waals surface area contributed by atoms with E-state index in [2.05, 4.69) is 10.6 Å². The molecule has 2 amide bonds. The predicted molar refractivity (Wildman–Crippen MR) is 80.5 cm³/mol. The molecule has 0 heterocycles. The number of benzene rings is 2. The van der Waals surface area contributed by atoms with Crippen LogP contribution in [-0.4, -0.2) is 21.4 Å². The Kier molecular flexibility index (Phi) is 4.30. The van der Waals surface area contributed by atoms with Crippen molar-refractivity contribution in [2.45, 2.75) is 0 Å². The molecule has 0 bridgehead atoms. The van der Waals surface area contributed by atoms with E-state index >= 15 is 0 Å². The normalized spacial score (nSPS) is 10.2. The van der Waals surface area contributed by atoms with Gasteiger partial charge in [-0.25, -0.2) is 4.79 Å². The van der Waals surface area contributed by atoms with Gasteiger partial charge < -0.3 is 26.0 Å². The van der Waals surface area contributed by atoms with E-state index in [0.29, 0.717) is 15.7 Å². The quantitative estimate of drug-likeness (QED) is 0.428. The number of phenolic OH excluding ortho intramolecular Hbond substituents is 3. The minimum Gasteiger partial charge on any atom is -0.504 e. The van der Waals surface area contributed by atoms with Crippen LogP contribution in [0.25, 0.3) is 0 Å². The van der Waals surface area contributed by atoms with Gasteiger partial charge in [-0.05, 0) is 18.2 Å². The number of urea groups is 1. The fraction of sp³-hybridized carbons (Fsp3) is 0. The Morgan fingerprint density at radius 1 is 0.952 bits per heavy atom. The lowest BCUT2D eigenvalue weighted by Gasteiger charge is -2.10. The molecule has 2 aromatic carbocycles. The van der Waals surface area contributed by atoms with E-state index in [9.17, 15) is 20.1 Å². The molecule has 0 aliphatic rings. The number of halogens is 2. The summed E-state index contributed by atoms with van der Waals surface area (Å²) in [5.74, 6) is -1.80. The van der Waals surface area contributed by atoms with Crippen molar-refractivity contribution in [2.75, 3.05) is 10.6 Å². The molecule has 2 aromatic rings. The van der Waals surface area contributed by atoms with Gasteiger partial charge in [0, 0.05) is 17.2 Å². The van der Waals surface area contributed by atoms with Crippen molar-refractivity contribution in [3.8, 4) is 17.2 Å². The maximum Gasteiger partial charge on any atom is 0.323 e. The Morgan fingerprint density at radius 2 is 1.57 bits per heavy atom. The molecule has 0 fully saturated rings. The molecule has 0 aromatic heterocycles. The van der Waals surface area contributed by atoms with Gasteiger partial charge in [0.2, 0.25) is 0 Å². The minimum atomic E-state index is -0.668. The van der Waals surface area contributed by atoms with Crippen molar-refractivity contribution in [3.63, 3.8) is 0 Å². The number of phenols is 3. The maximum atomic E-state index is 11.8. The first-order chi connectivity index (χ1) is 9.86. The number of amides is 2. The number of hydrogen-bond donors (Lipinski definition) is 5. The lowest BCUT2D eigenvalue weighted by atomic mass is 10.2. The molecule has 0 aliphatic carbocycles. The third-order valence-electron chi connectivity index (χ3n) is 2.50. The summed E-state index contributed by atoms with van der Waals surface area (Å²) in [6.07, 6.45) is 0. The van der Waals surface area contributed by atoms with Gasteiger partial charge in [-0.3, -0.25) is 0 Å². The molecule has 0 aliphatic heterocycles. The molecule has 5 N–H and O–H groups in total. The summed E-state index contributed by atoms with van der Waals surface area (Å²) in [6.45, 7) is 0. The van der Waals surface area contributed by atoms with E-state index in [1.807, 2.05) is 0 Å². The number of hydrogen-bond acceptors (Lipinski definition) is 4. The maximum absolute atomic E-state index is 11.8. The fourth-order valence-corrected chi connectivity index (χ4v) is 1.89. The average molecular weight is 329 g/mol.